The van der Waals surface area contributed by atoms with Crippen molar-refractivity contribution >= 4 is 0 Å². The summed E-state index contributed by atoms with van der Waals surface area (Å²) in [6.07, 6.45) is -3.55. The number of alkyl halides is 3. The summed E-state index contributed by atoms with van der Waals surface area (Å²) < 4.78 is 53.8. The summed E-state index contributed by atoms with van der Waals surface area (Å²) in [5.74, 6) is -2.05. The summed E-state index contributed by atoms with van der Waals surface area (Å²) in [5.41, 5.74) is 0.428. The normalized spacial score (nSPS) is 11.4. The second-order valence-corrected chi connectivity index (χ2v) is 3.69. The van der Waals surface area contributed by atoms with E-state index in [9.17, 15) is 17.6 Å². The highest BCUT2D eigenvalue weighted by Gasteiger charge is 2.33. The third kappa shape index (κ3) is 3.18. The van der Waals surface area contributed by atoms with Gasteiger partial charge in [-0.25, -0.2) is 14.4 Å². The lowest BCUT2D eigenvalue weighted by atomic mass is 10.2. The van der Waals surface area contributed by atoms with E-state index in [1.165, 1.54) is 18.3 Å². The van der Waals surface area contributed by atoms with Crippen LogP contribution in [0, 0.1) is 12.7 Å². The first-order valence-corrected chi connectivity index (χ1v) is 5.21. The molecule has 1 heterocycles. The molecule has 0 N–H and O–H groups in total. The van der Waals surface area contributed by atoms with E-state index in [1.807, 2.05) is 0 Å². The van der Waals surface area contributed by atoms with Crippen LogP contribution in [0.25, 0.3) is 11.4 Å². The quantitative estimate of drug-likeness (QED) is 0.785. The lowest BCUT2D eigenvalue weighted by Gasteiger charge is -2.11. The molecule has 0 aliphatic rings. The fourth-order valence-corrected chi connectivity index (χ4v) is 1.47. The summed E-state index contributed by atoms with van der Waals surface area (Å²) in [5, 5.41) is 0. The summed E-state index contributed by atoms with van der Waals surface area (Å²) in [4.78, 5) is 7.77. The van der Waals surface area contributed by atoms with Gasteiger partial charge in [-0.05, 0) is 25.1 Å². The Morgan fingerprint density at radius 1 is 1.16 bits per heavy atom. The lowest BCUT2D eigenvalue weighted by Crippen LogP contribution is -2.18. The van der Waals surface area contributed by atoms with Crippen LogP contribution >= 0.6 is 0 Å². The number of hydrogen-bond donors (Lipinski definition) is 0. The number of rotatable bonds is 2. The highest BCUT2D eigenvalue weighted by atomic mass is 19.4. The molecule has 0 unspecified atom stereocenters. The van der Waals surface area contributed by atoms with Gasteiger partial charge < -0.3 is 4.74 Å². The third-order valence-electron chi connectivity index (χ3n) is 2.22. The lowest BCUT2D eigenvalue weighted by molar-refractivity contribution is -0.275. The Balaban J connectivity index is 2.46. The smallest absolute Gasteiger partial charge is 0.403 e. The van der Waals surface area contributed by atoms with Crippen molar-refractivity contribution in [3.8, 4) is 17.1 Å². The monoisotopic (exact) mass is 272 g/mol. The molecule has 0 saturated heterocycles. The molecule has 0 aliphatic heterocycles. The van der Waals surface area contributed by atoms with E-state index in [0.29, 0.717) is 5.69 Å². The molecule has 0 atom stereocenters. The number of hydrogen-bond acceptors (Lipinski definition) is 3. The topological polar surface area (TPSA) is 35.0 Å². The summed E-state index contributed by atoms with van der Waals surface area (Å²) in [6.45, 7) is 1.67. The number of aryl methyl sites for hydroxylation is 1. The van der Waals surface area contributed by atoms with Crippen LogP contribution in [-0.4, -0.2) is 16.3 Å². The Labute approximate surface area is 105 Å². The van der Waals surface area contributed by atoms with E-state index in [4.69, 9.17) is 0 Å². The molecule has 7 heteroatoms. The minimum Gasteiger partial charge on any atom is -0.403 e. The average molecular weight is 272 g/mol. The molecule has 100 valence electrons. The number of ether oxygens (including phenoxy) is 1. The molecule has 0 saturated carbocycles. The maximum atomic E-state index is 13.9. The van der Waals surface area contributed by atoms with Crippen LogP contribution in [0.1, 0.15) is 5.69 Å². The van der Waals surface area contributed by atoms with Crippen LogP contribution in [0.5, 0.6) is 5.75 Å². The van der Waals surface area contributed by atoms with E-state index in [-0.39, 0.29) is 11.4 Å². The van der Waals surface area contributed by atoms with E-state index in [2.05, 4.69) is 14.7 Å². The van der Waals surface area contributed by atoms with Crippen LogP contribution in [0.15, 0.2) is 30.5 Å². The predicted molar refractivity (Wildman–Crippen MR) is 58.8 cm³/mol. The van der Waals surface area contributed by atoms with Crippen molar-refractivity contribution in [3.63, 3.8) is 0 Å². The van der Waals surface area contributed by atoms with Crippen molar-refractivity contribution in [1.82, 2.24) is 9.97 Å². The van der Waals surface area contributed by atoms with Gasteiger partial charge in [0.15, 0.2) is 17.4 Å². The number of nitrogens with zero attached hydrogens (tertiary/aromatic N) is 2. The van der Waals surface area contributed by atoms with Gasteiger partial charge in [0.05, 0.1) is 5.56 Å². The van der Waals surface area contributed by atoms with Crippen molar-refractivity contribution in [3.05, 3.63) is 42.0 Å². The Bertz CT molecular complexity index is 599. The Morgan fingerprint density at radius 3 is 2.53 bits per heavy atom. The van der Waals surface area contributed by atoms with Crippen molar-refractivity contribution in [2.24, 2.45) is 0 Å². The average Bonchev–Trinajstić information content (AvgIpc) is 2.30. The van der Waals surface area contributed by atoms with Gasteiger partial charge in [-0.2, -0.15) is 0 Å². The Kier molecular flexibility index (Phi) is 3.37. The van der Waals surface area contributed by atoms with E-state index in [1.54, 1.807) is 13.0 Å². The van der Waals surface area contributed by atoms with Crippen LogP contribution in [0.2, 0.25) is 0 Å². The molecule has 1 aromatic heterocycles. The van der Waals surface area contributed by atoms with Crippen LogP contribution in [-0.2, 0) is 0 Å². The molecule has 1 aromatic carbocycles. The van der Waals surface area contributed by atoms with E-state index >= 15 is 0 Å². The molecule has 0 aliphatic carbocycles. The molecule has 0 amide bonds. The molecule has 19 heavy (non-hydrogen) atoms. The fraction of sp³-hybridized carbons (Fsp3) is 0.167. The molecular formula is C12H8F4N2O. The van der Waals surface area contributed by atoms with E-state index < -0.39 is 17.9 Å². The minimum absolute atomic E-state index is 0.00474. The molecular weight excluding hydrogens is 264 g/mol. The van der Waals surface area contributed by atoms with Crippen molar-refractivity contribution in [2.45, 2.75) is 13.3 Å². The molecule has 3 nitrogen and oxygen atoms in total. The van der Waals surface area contributed by atoms with Crippen molar-refractivity contribution in [1.29, 1.82) is 0 Å². The van der Waals surface area contributed by atoms with Gasteiger partial charge in [0.25, 0.3) is 0 Å². The zero-order chi connectivity index (χ0) is 14.0. The van der Waals surface area contributed by atoms with Crippen LogP contribution in [0.3, 0.4) is 0 Å². The molecule has 2 rings (SSSR count). The van der Waals surface area contributed by atoms with E-state index in [0.717, 1.165) is 6.07 Å². The Hall–Kier alpha value is -2.18. The summed E-state index contributed by atoms with van der Waals surface area (Å²) in [7, 11) is 0. The minimum atomic E-state index is -4.95. The van der Waals surface area contributed by atoms with Gasteiger partial charge in [-0.1, -0.05) is 6.07 Å². The van der Waals surface area contributed by atoms with Gasteiger partial charge >= 0.3 is 6.36 Å². The fourth-order valence-electron chi connectivity index (χ4n) is 1.47. The zero-order valence-electron chi connectivity index (χ0n) is 9.70. The molecule has 2 aromatic rings. The molecule has 0 bridgehead atoms. The first-order valence-electron chi connectivity index (χ1n) is 5.21. The van der Waals surface area contributed by atoms with Gasteiger partial charge in [0.1, 0.15) is 0 Å². The molecule has 0 fully saturated rings. The van der Waals surface area contributed by atoms with Crippen LogP contribution in [0.4, 0.5) is 17.6 Å². The second-order valence-electron chi connectivity index (χ2n) is 3.69. The standard InChI is InChI=1S/C12H8F4N2O/c1-7-5-6-17-11(18-7)8-3-2-4-9(10(8)13)19-12(14,15)16/h2-6H,1H3. The molecule has 0 radical (unpaired) electrons. The SMILES string of the molecule is Cc1ccnc(-c2cccc(OC(F)(F)F)c2F)n1. The highest BCUT2D eigenvalue weighted by molar-refractivity contribution is 5.58. The molecule has 0 spiro atoms. The maximum Gasteiger partial charge on any atom is 0.573 e. The highest BCUT2D eigenvalue weighted by Crippen LogP contribution is 2.30. The predicted octanol–water partition coefficient (Wildman–Crippen LogP) is 3.49. The Morgan fingerprint density at radius 2 is 1.89 bits per heavy atom. The largest absolute Gasteiger partial charge is 0.573 e. The number of aromatic nitrogens is 2. The third-order valence-corrected chi connectivity index (χ3v) is 2.22. The first kappa shape index (κ1) is 13.3. The van der Waals surface area contributed by atoms with Gasteiger partial charge in [-0.15, -0.1) is 13.2 Å². The maximum absolute atomic E-state index is 13.9. The van der Waals surface area contributed by atoms with Crippen molar-refractivity contribution in [2.75, 3.05) is 0 Å². The van der Waals surface area contributed by atoms with Crippen molar-refractivity contribution < 1.29 is 22.3 Å². The first-order chi connectivity index (χ1) is 8.87. The van der Waals surface area contributed by atoms with Crippen LogP contribution < -0.4 is 4.74 Å². The summed E-state index contributed by atoms with van der Waals surface area (Å²) in [6, 6.07) is 5.01. The second kappa shape index (κ2) is 4.83. The zero-order valence-corrected chi connectivity index (χ0v) is 9.70. The van der Waals surface area contributed by atoms with Gasteiger partial charge in [-0.3, -0.25) is 0 Å². The van der Waals surface area contributed by atoms with Gasteiger partial charge in [0.2, 0.25) is 0 Å². The number of benzene rings is 1. The number of halogens is 4. The van der Waals surface area contributed by atoms with Gasteiger partial charge in [0, 0.05) is 11.9 Å². The summed E-state index contributed by atoms with van der Waals surface area (Å²) >= 11 is 0.